The van der Waals surface area contributed by atoms with E-state index in [9.17, 15) is 4.79 Å². The van der Waals surface area contributed by atoms with Crippen LogP contribution in [-0.2, 0) is 0 Å². The monoisotopic (exact) mass is 298 g/mol. The molecule has 0 spiro atoms. The van der Waals surface area contributed by atoms with Gasteiger partial charge in [-0.2, -0.15) is 0 Å². The summed E-state index contributed by atoms with van der Waals surface area (Å²) >= 11 is 3.35. The van der Waals surface area contributed by atoms with Gasteiger partial charge in [0.2, 0.25) is 0 Å². The van der Waals surface area contributed by atoms with Crippen molar-refractivity contribution in [3.05, 3.63) is 28.2 Å². The Labute approximate surface area is 108 Å². The molecule has 0 heterocycles. The van der Waals surface area contributed by atoms with Crippen molar-refractivity contribution in [3.8, 4) is 5.75 Å². The summed E-state index contributed by atoms with van der Waals surface area (Å²) in [6.07, 6.45) is 2.79. The average Bonchev–Trinajstić information content (AvgIpc) is 2.63. The largest absolute Gasteiger partial charge is 0.489 e. The smallest absolute Gasteiger partial charge is 0.252 e. The van der Waals surface area contributed by atoms with Gasteiger partial charge in [-0.25, -0.2) is 0 Å². The maximum Gasteiger partial charge on any atom is 0.252 e. The van der Waals surface area contributed by atoms with Gasteiger partial charge in [0.05, 0.1) is 5.56 Å². The maximum atomic E-state index is 11.3. The number of nitrogens with two attached hydrogens (primary N) is 2. The first kappa shape index (κ1) is 12.4. The molecule has 1 aliphatic rings. The molecule has 2 rings (SSSR count). The Morgan fingerprint density at radius 3 is 2.76 bits per heavy atom. The van der Waals surface area contributed by atoms with Crippen LogP contribution in [0.4, 0.5) is 0 Å². The fraction of sp³-hybridized carbons (Fsp3) is 0.417. The average molecular weight is 299 g/mol. The molecular weight excluding hydrogens is 284 g/mol. The van der Waals surface area contributed by atoms with E-state index in [1.54, 1.807) is 18.2 Å². The van der Waals surface area contributed by atoms with Crippen LogP contribution in [0.25, 0.3) is 0 Å². The van der Waals surface area contributed by atoms with E-state index in [-0.39, 0.29) is 12.1 Å². The van der Waals surface area contributed by atoms with Gasteiger partial charge in [0.15, 0.2) is 0 Å². The Hall–Kier alpha value is -1.07. The molecule has 92 valence electrons. The van der Waals surface area contributed by atoms with Gasteiger partial charge in [-0.3, -0.25) is 4.79 Å². The zero-order valence-electron chi connectivity index (χ0n) is 9.36. The minimum absolute atomic E-state index is 0.0809. The molecule has 1 aromatic carbocycles. The third kappa shape index (κ3) is 2.98. The third-order valence-electron chi connectivity index (χ3n) is 2.93. The van der Waals surface area contributed by atoms with Crippen LogP contribution < -0.4 is 16.2 Å². The van der Waals surface area contributed by atoms with Crippen molar-refractivity contribution < 1.29 is 9.53 Å². The number of primary amides is 1. The van der Waals surface area contributed by atoms with E-state index in [0.717, 1.165) is 23.7 Å². The van der Waals surface area contributed by atoms with Crippen LogP contribution in [0, 0.1) is 0 Å². The van der Waals surface area contributed by atoms with Crippen LogP contribution in [0.3, 0.4) is 0 Å². The molecule has 1 saturated carbocycles. The van der Waals surface area contributed by atoms with Crippen LogP contribution in [0.15, 0.2) is 22.7 Å². The van der Waals surface area contributed by atoms with Crippen molar-refractivity contribution >= 4 is 21.8 Å². The molecule has 2 unspecified atom stereocenters. The van der Waals surface area contributed by atoms with Crippen molar-refractivity contribution in [3.63, 3.8) is 0 Å². The number of benzene rings is 1. The molecule has 4 nitrogen and oxygen atoms in total. The Kier molecular flexibility index (Phi) is 3.69. The van der Waals surface area contributed by atoms with Crippen LogP contribution >= 0.6 is 15.9 Å². The van der Waals surface area contributed by atoms with Crippen molar-refractivity contribution in [2.45, 2.75) is 31.4 Å². The maximum absolute atomic E-state index is 11.3. The van der Waals surface area contributed by atoms with E-state index >= 15 is 0 Å². The summed E-state index contributed by atoms with van der Waals surface area (Å²) in [4.78, 5) is 11.3. The minimum Gasteiger partial charge on any atom is -0.489 e. The van der Waals surface area contributed by atoms with Gasteiger partial charge in [-0.1, -0.05) is 15.9 Å². The van der Waals surface area contributed by atoms with Gasteiger partial charge < -0.3 is 16.2 Å². The van der Waals surface area contributed by atoms with Gasteiger partial charge >= 0.3 is 0 Å². The zero-order valence-corrected chi connectivity index (χ0v) is 10.9. The van der Waals surface area contributed by atoms with Gasteiger partial charge in [-0.05, 0) is 37.5 Å². The van der Waals surface area contributed by atoms with Gasteiger partial charge in [0.25, 0.3) is 5.91 Å². The first-order chi connectivity index (χ1) is 8.06. The Morgan fingerprint density at radius 2 is 2.18 bits per heavy atom. The van der Waals surface area contributed by atoms with Gasteiger partial charge in [0, 0.05) is 10.5 Å². The summed E-state index contributed by atoms with van der Waals surface area (Å²) in [6.45, 7) is 0. The molecule has 0 aromatic heterocycles. The second-order valence-corrected chi connectivity index (χ2v) is 5.23. The van der Waals surface area contributed by atoms with Crippen molar-refractivity contribution in [2.75, 3.05) is 0 Å². The summed E-state index contributed by atoms with van der Waals surface area (Å²) in [7, 11) is 0. The molecule has 1 fully saturated rings. The Bertz CT molecular complexity index is 437. The van der Waals surface area contributed by atoms with E-state index < -0.39 is 5.91 Å². The van der Waals surface area contributed by atoms with Crippen LogP contribution in [-0.4, -0.2) is 18.1 Å². The molecule has 4 N–H and O–H groups in total. The number of hydrogen-bond donors (Lipinski definition) is 2. The standard InChI is InChI=1S/C12H15BrN2O2/c13-7-1-4-10(12(15)16)11(5-7)17-9-3-2-8(14)6-9/h1,4-5,8-9H,2-3,6,14H2,(H2,15,16). The number of carbonyl (C=O) groups excluding carboxylic acids is 1. The highest BCUT2D eigenvalue weighted by molar-refractivity contribution is 9.10. The highest BCUT2D eigenvalue weighted by Gasteiger charge is 2.24. The summed E-state index contributed by atoms with van der Waals surface area (Å²) in [6, 6.07) is 5.40. The molecule has 17 heavy (non-hydrogen) atoms. The molecule has 0 radical (unpaired) electrons. The lowest BCUT2D eigenvalue weighted by Gasteiger charge is -2.15. The second-order valence-electron chi connectivity index (χ2n) is 4.32. The number of hydrogen-bond acceptors (Lipinski definition) is 3. The number of halogens is 1. The summed E-state index contributed by atoms with van der Waals surface area (Å²) in [5, 5.41) is 0. The summed E-state index contributed by atoms with van der Waals surface area (Å²) in [5.41, 5.74) is 11.5. The molecule has 1 aromatic rings. The zero-order chi connectivity index (χ0) is 12.4. The topological polar surface area (TPSA) is 78.3 Å². The fourth-order valence-electron chi connectivity index (χ4n) is 2.06. The minimum atomic E-state index is -0.477. The highest BCUT2D eigenvalue weighted by atomic mass is 79.9. The van der Waals surface area contributed by atoms with E-state index in [4.69, 9.17) is 16.2 Å². The molecular formula is C12H15BrN2O2. The predicted molar refractivity (Wildman–Crippen MR) is 68.9 cm³/mol. The lowest BCUT2D eigenvalue weighted by atomic mass is 10.2. The van der Waals surface area contributed by atoms with Gasteiger partial charge in [-0.15, -0.1) is 0 Å². The number of carbonyl (C=O) groups is 1. The van der Waals surface area contributed by atoms with E-state index in [2.05, 4.69) is 15.9 Å². The second kappa shape index (κ2) is 5.06. The fourth-order valence-corrected chi connectivity index (χ4v) is 2.40. The van der Waals surface area contributed by atoms with Crippen molar-refractivity contribution in [1.29, 1.82) is 0 Å². The molecule has 1 amide bonds. The normalized spacial score (nSPS) is 23.6. The first-order valence-corrected chi connectivity index (χ1v) is 6.37. The van der Waals surface area contributed by atoms with E-state index in [1.165, 1.54) is 0 Å². The quantitative estimate of drug-likeness (QED) is 0.893. The SMILES string of the molecule is NC(=O)c1ccc(Br)cc1OC1CCC(N)C1. The van der Waals surface area contributed by atoms with Crippen molar-refractivity contribution in [2.24, 2.45) is 11.5 Å². The summed E-state index contributed by atoms with van der Waals surface area (Å²) < 4.78 is 6.67. The van der Waals surface area contributed by atoms with Crippen LogP contribution in [0.1, 0.15) is 29.6 Å². The molecule has 0 saturated heterocycles. The number of amides is 1. The Balaban J connectivity index is 2.19. The van der Waals surface area contributed by atoms with Gasteiger partial charge in [0.1, 0.15) is 11.9 Å². The highest BCUT2D eigenvalue weighted by Crippen LogP contribution is 2.28. The van der Waals surface area contributed by atoms with Crippen LogP contribution in [0.5, 0.6) is 5.75 Å². The van der Waals surface area contributed by atoms with E-state index in [1.807, 2.05) is 0 Å². The molecule has 0 bridgehead atoms. The molecule has 2 atom stereocenters. The predicted octanol–water partition coefficient (Wildman–Crippen LogP) is 1.81. The number of rotatable bonds is 3. The Morgan fingerprint density at radius 1 is 1.41 bits per heavy atom. The molecule has 0 aliphatic heterocycles. The molecule has 1 aliphatic carbocycles. The van der Waals surface area contributed by atoms with Crippen molar-refractivity contribution in [1.82, 2.24) is 0 Å². The number of ether oxygens (including phenoxy) is 1. The van der Waals surface area contributed by atoms with E-state index in [0.29, 0.717) is 11.3 Å². The summed E-state index contributed by atoms with van der Waals surface area (Å²) in [5.74, 6) is 0.0563. The van der Waals surface area contributed by atoms with Crippen LogP contribution in [0.2, 0.25) is 0 Å². The lowest BCUT2D eigenvalue weighted by molar-refractivity contribution is 0.0993. The lowest BCUT2D eigenvalue weighted by Crippen LogP contribution is -2.20. The first-order valence-electron chi connectivity index (χ1n) is 5.58. The third-order valence-corrected chi connectivity index (χ3v) is 3.42. The molecule has 5 heteroatoms.